The van der Waals surface area contributed by atoms with Crippen LogP contribution in [0.15, 0.2) is 6.07 Å². The first-order chi connectivity index (χ1) is 9.98. The summed E-state index contributed by atoms with van der Waals surface area (Å²) in [7, 11) is 0. The number of morpholine rings is 1. The highest BCUT2D eigenvalue weighted by Gasteiger charge is 2.36. The summed E-state index contributed by atoms with van der Waals surface area (Å²) in [4.78, 5) is 17.0. The summed E-state index contributed by atoms with van der Waals surface area (Å²) in [5.74, 6) is 0.564. The van der Waals surface area contributed by atoms with Gasteiger partial charge in [-0.2, -0.15) is 0 Å². The van der Waals surface area contributed by atoms with Crippen molar-refractivity contribution in [3.05, 3.63) is 21.4 Å². The monoisotopic (exact) mass is 327 g/mol. The average Bonchev–Trinajstić information content (AvgIpc) is 2.88. The number of ether oxygens (including phenoxy) is 1. The lowest BCUT2D eigenvalue weighted by Crippen LogP contribution is -2.55. The summed E-state index contributed by atoms with van der Waals surface area (Å²) in [5, 5.41) is 0. The molecule has 0 aromatic carbocycles. The zero-order chi connectivity index (χ0) is 15.0. The van der Waals surface area contributed by atoms with Crippen LogP contribution < -0.4 is 0 Å². The minimum absolute atomic E-state index is 0.0750. The van der Waals surface area contributed by atoms with Gasteiger partial charge in [-0.3, -0.25) is 4.79 Å². The third kappa shape index (κ3) is 3.27. The molecule has 0 radical (unpaired) electrons. The molecule has 2 heterocycles. The first-order valence-electron chi connectivity index (χ1n) is 7.63. The Kier molecular flexibility index (Phi) is 4.30. The summed E-state index contributed by atoms with van der Waals surface area (Å²) >= 11 is 7.63. The van der Waals surface area contributed by atoms with E-state index in [4.69, 9.17) is 16.3 Å². The van der Waals surface area contributed by atoms with Crippen LogP contribution in [0.2, 0.25) is 0 Å². The maximum Gasteiger partial charge on any atom is 0.264 e. The van der Waals surface area contributed by atoms with Gasteiger partial charge in [0.15, 0.2) is 0 Å². The number of nitrogens with zero attached hydrogens (tertiary/aromatic N) is 1. The maximum absolute atomic E-state index is 12.8. The summed E-state index contributed by atoms with van der Waals surface area (Å²) in [6.07, 6.45) is 4.68. The number of alkyl halides is 1. The first kappa shape index (κ1) is 15.3. The lowest BCUT2D eigenvalue weighted by atomic mass is 9.99. The number of carbonyl (C=O) groups is 1. The van der Waals surface area contributed by atoms with Gasteiger partial charge in [-0.1, -0.05) is 0 Å². The summed E-state index contributed by atoms with van der Waals surface area (Å²) in [6, 6.07) is 2.11. The van der Waals surface area contributed by atoms with E-state index in [-0.39, 0.29) is 17.6 Å². The SMILES string of the molecule is CC1(C)CN(C(=O)c2cc3c(s2)CCCC3)CC(CCl)O1. The Bertz CT molecular complexity index is 517. The molecule has 0 bridgehead atoms. The first-order valence-corrected chi connectivity index (χ1v) is 8.98. The Morgan fingerprint density at radius 2 is 2.24 bits per heavy atom. The molecule has 1 unspecified atom stereocenters. The zero-order valence-corrected chi connectivity index (χ0v) is 14.2. The second-order valence-electron chi connectivity index (χ2n) is 6.61. The molecule has 0 saturated carbocycles. The minimum Gasteiger partial charge on any atom is -0.367 e. The summed E-state index contributed by atoms with van der Waals surface area (Å²) in [5.41, 5.74) is 1.06. The Labute approximate surface area is 135 Å². The molecule has 0 spiro atoms. The van der Waals surface area contributed by atoms with E-state index in [2.05, 4.69) is 6.07 Å². The number of amides is 1. The highest BCUT2D eigenvalue weighted by molar-refractivity contribution is 7.14. The molecular formula is C16H22ClNO2S. The van der Waals surface area contributed by atoms with Gasteiger partial charge in [0, 0.05) is 18.0 Å². The van der Waals surface area contributed by atoms with Crippen molar-refractivity contribution >= 4 is 28.8 Å². The summed E-state index contributed by atoms with van der Waals surface area (Å²) < 4.78 is 5.90. The van der Waals surface area contributed by atoms with Crippen molar-refractivity contribution in [3.63, 3.8) is 0 Å². The number of carbonyl (C=O) groups excluding carboxylic acids is 1. The molecule has 1 aromatic heterocycles. The average molecular weight is 328 g/mol. The van der Waals surface area contributed by atoms with Crippen LogP contribution >= 0.6 is 22.9 Å². The topological polar surface area (TPSA) is 29.5 Å². The fourth-order valence-corrected chi connectivity index (χ4v) is 4.66. The lowest BCUT2D eigenvalue weighted by molar-refractivity contribution is -0.117. The number of thiophene rings is 1. The standard InChI is InChI=1S/C16H22ClNO2S/c1-16(2)10-18(9-12(8-17)20-16)15(19)14-7-11-5-3-4-6-13(11)21-14/h7,12H,3-6,8-10H2,1-2H3. The van der Waals surface area contributed by atoms with Gasteiger partial charge in [-0.05, 0) is 51.2 Å². The molecule has 1 fully saturated rings. The Hall–Kier alpha value is -0.580. The summed E-state index contributed by atoms with van der Waals surface area (Å²) in [6.45, 7) is 5.26. The molecule has 1 saturated heterocycles. The highest BCUT2D eigenvalue weighted by atomic mass is 35.5. The van der Waals surface area contributed by atoms with E-state index in [0.29, 0.717) is 19.0 Å². The van der Waals surface area contributed by atoms with Crippen molar-refractivity contribution < 1.29 is 9.53 Å². The van der Waals surface area contributed by atoms with Crippen LogP contribution in [0.25, 0.3) is 0 Å². The van der Waals surface area contributed by atoms with E-state index in [1.54, 1.807) is 11.3 Å². The van der Waals surface area contributed by atoms with Crippen LogP contribution in [0, 0.1) is 0 Å². The third-order valence-electron chi connectivity index (χ3n) is 4.15. The molecule has 2 aliphatic rings. The van der Waals surface area contributed by atoms with Crippen molar-refractivity contribution in [2.24, 2.45) is 0 Å². The van der Waals surface area contributed by atoms with E-state index < -0.39 is 0 Å². The Morgan fingerprint density at radius 1 is 1.48 bits per heavy atom. The molecule has 0 N–H and O–H groups in total. The molecular weight excluding hydrogens is 306 g/mol. The Morgan fingerprint density at radius 3 is 2.95 bits per heavy atom. The fourth-order valence-electron chi connectivity index (χ4n) is 3.28. The van der Waals surface area contributed by atoms with Crippen molar-refractivity contribution in [1.29, 1.82) is 0 Å². The molecule has 1 aromatic rings. The van der Waals surface area contributed by atoms with Gasteiger partial charge in [-0.15, -0.1) is 22.9 Å². The van der Waals surface area contributed by atoms with Crippen LogP contribution in [0.1, 0.15) is 46.8 Å². The zero-order valence-electron chi connectivity index (χ0n) is 12.7. The van der Waals surface area contributed by atoms with Crippen LogP contribution in [0.4, 0.5) is 0 Å². The van der Waals surface area contributed by atoms with Crippen LogP contribution in [0.3, 0.4) is 0 Å². The Balaban J connectivity index is 1.79. The van der Waals surface area contributed by atoms with Crippen LogP contribution in [0.5, 0.6) is 0 Å². The maximum atomic E-state index is 12.8. The van der Waals surface area contributed by atoms with E-state index in [1.165, 1.54) is 23.3 Å². The smallest absolute Gasteiger partial charge is 0.264 e. The second kappa shape index (κ2) is 5.90. The molecule has 21 heavy (non-hydrogen) atoms. The van der Waals surface area contributed by atoms with Crippen molar-refractivity contribution in [2.45, 2.75) is 51.2 Å². The third-order valence-corrected chi connectivity index (χ3v) is 5.72. The van der Waals surface area contributed by atoms with Crippen molar-refractivity contribution in [2.75, 3.05) is 19.0 Å². The van der Waals surface area contributed by atoms with Gasteiger partial charge in [0.2, 0.25) is 0 Å². The minimum atomic E-state index is -0.329. The second-order valence-corrected chi connectivity index (χ2v) is 8.05. The normalized spacial score (nSPS) is 24.7. The van der Waals surface area contributed by atoms with Crippen LogP contribution in [-0.2, 0) is 17.6 Å². The number of halogens is 1. The number of hydrogen-bond donors (Lipinski definition) is 0. The number of aryl methyl sites for hydroxylation is 2. The van der Waals surface area contributed by atoms with E-state index in [1.807, 2.05) is 18.7 Å². The molecule has 1 atom stereocenters. The molecule has 116 valence electrons. The fraction of sp³-hybridized carbons (Fsp3) is 0.688. The number of hydrogen-bond acceptors (Lipinski definition) is 3. The van der Waals surface area contributed by atoms with Gasteiger partial charge in [0.05, 0.1) is 22.5 Å². The van der Waals surface area contributed by atoms with Gasteiger partial charge < -0.3 is 9.64 Å². The number of fused-ring (bicyclic) bond motifs is 1. The molecule has 1 aliphatic carbocycles. The lowest BCUT2D eigenvalue weighted by Gasteiger charge is -2.42. The largest absolute Gasteiger partial charge is 0.367 e. The van der Waals surface area contributed by atoms with E-state index in [9.17, 15) is 4.79 Å². The molecule has 1 aliphatic heterocycles. The molecule has 1 amide bonds. The van der Waals surface area contributed by atoms with E-state index >= 15 is 0 Å². The molecule has 5 heteroatoms. The van der Waals surface area contributed by atoms with Crippen LogP contribution in [-0.4, -0.2) is 41.5 Å². The van der Waals surface area contributed by atoms with Crippen molar-refractivity contribution in [3.8, 4) is 0 Å². The quantitative estimate of drug-likeness (QED) is 0.778. The molecule has 3 nitrogen and oxygen atoms in total. The van der Waals surface area contributed by atoms with Gasteiger partial charge in [-0.25, -0.2) is 0 Å². The van der Waals surface area contributed by atoms with Gasteiger partial charge in [0.1, 0.15) is 0 Å². The highest BCUT2D eigenvalue weighted by Crippen LogP contribution is 2.31. The van der Waals surface area contributed by atoms with Gasteiger partial charge >= 0.3 is 0 Å². The predicted molar refractivity (Wildman–Crippen MR) is 86.5 cm³/mol. The molecule has 3 rings (SSSR count). The van der Waals surface area contributed by atoms with E-state index in [0.717, 1.165) is 17.7 Å². The number of rotatable bonds is 2. The van der Waals surface area contributed by atoms with Gasteiger partial charge in [0.25, 0.3) is 5.91 Å². The van der Waals surface area contributed by atoms with Crippen molar-refractivity contribution in [1.82, 2.24) is 4.90 Å². The predicted octanol–water partition coefficient (Wildman–Crippen LogP) is 3.49.